The molecule has 1 N–H and O–H groups in total. The molecule has 34 heavy (non-hydrogen) atoms. The lowest BCUT2D eigenvalue weighted by molar-refractivity contribution is -0.114. The molecule has 0 atom stereocenters. The number of halogens is 2. The number of carbonyl (C=O) groups is 2. The first kappa shape index (κ1) is 25.6. The summed E-state index contributed by atoms with van der Waals surface area (Å²) < 4.78 is 32.7. The van der Waals surface area contributed by atoms with Crippen molar-refractivity contribution in [2.24, 2.45) is 0 Å². The highest BCUT2D eigenvalue weighted by Gasteiger charge is 2.29. The van der Waals surface area contributed by atoms with Crippen LogP contribution in [0.25, 0.3) is 0 Å². The van der Waals surface area contributed by atoms with E-state index in [0.29, 0.717) is 16.8 Å². The van der Waals surface area contributed by atoms with E-state index in [9.17, 15) is 18.0 Å². The Labute approximate surface area is 208 Å². The zero-order valence-corrected chi connectivity index (χ0v) is 20.7. The molecular formula is C24H22Cl2N2O5S. The van der Waals surface area contributed by atoms with E-state index in [0.717, 1.165) is 4.31 Å². The van der Waals surface area contributed by atoms with Crippen molar-refractivity contribution < 1.29 is 22.7 Å². The number of aryl methyl sites for hydroxylation is 1. The second-order valence-electron chi connectivity index (χ2n) is 7.20. The molecule has 0 fully saturated rings. The first-order valence-corrected chi connectivity index (χ1v) is 12.4. The number of nitrogens with zero attached hydrogens (tertiary/aromatic N) is 1. The van der Waals surface area contributed by atoms with Crippen LogP contribution < -0.4 is 9.62 Å². The molecule has 0 radical (unpaired) electrons. The van der Waals surface area contributed by atoms with Gasteiger partial charge in [0.05, 0.1) is 32.8 Å². The largest absolute Gasteiger partial charge is 0.462 e. The molecule has 1 amide bonds. The molecule has 0 aliphatic heterocycles. The highest BCUT2D eigenvalue weighted by molar-refractivity contribution is 7.92. The molecule has 7 nitrogen and oxygen atoms in total. The average Bonchev–Trinajstić information content (AvgIpc) is 2.81. The van der Waals surface area contributed by atoms with Gasteiger partial charge in [0.25, 0.3) is 10.0 Å². The van der Waals surface area contributed by atoms with Gasteiger partial charge in [-0.1, -0.05) is 47.5 Å². The minimum Gasteiger partial charge on any atom is -0.462 e. The average molecular weight is 521 g/mol. The van der Waals surface area contributed by atoms with Crippen LogP contribution in [0.5, 0.6) is 0 Å². The molecule has 3 rings (SSSR count). The molecule has 0 heterocycles. The van der Waals surface area contributed by atoms with Gasteiger partial charge in [-0.25, -0.2) is 13.2 Å². The Morgan fingerprint density at radius 2 is 1.71 bits per heavy atom. The summed E-state index contributed by atoms with van der Waals surface area (Å²) in [5.74, 6) is -1.08. The van der Waals surface area contributed by atoms with Crippen molar-refractivity contribution in [1.29, 1.82) is 0 Å². The van der Waals surface area contributed by atoms with E-state index in [1.54, 1.807) is 50.2 Å². The molecule has 3 aromatic carbocycles. The van der Waals surface area contributed by atoms with Crippen molar-refractivity contribution in [3.63, 3.8) is 0 Å². The van der Waals surface area contributed by atoms with Crippen LogP contribution in [0.15, 0.2) is 71.6 Å². The first-order valence-electron chi connectivity index (χ1n) is 10.2. The molecule has 0 aliphatic rings. The SMILES string of the molecule is CCOC(=O)c1ccc(NC(=O)CN(c2cccc(Cl)c2Cl)S(=O)(=O)c2ccccc2)c(C)c1. The van der Waals surface area contributed by atoms with Gasteiger partial charge in [0, 0.05) is 5.69 Å². The highest BCUT2D eigenvalue weighted by atomic mass is 35.5. The molecule has 0 saturated heterocycles. The van der Waals surface area contributed by atoms with Crippen molar-refractivity contribution in [3.05, 3.63) is 87.9 Å². The Hall–Kier alpha value is -3.07. The minimum absolute atomic E-state index is 0.00573. The van der Waals surface area contributed by atoms with Crippen molar-refractivity contribution in [2.45, 2.75) is 18.7 Å². The van der Waals surface area contributed by atoms with Crippen molar-refractivity contribution in [3.8, 4) is 0 Å². The van der Waals surface area contributed by atoms with Crippen LogP contribution in [-0.2, 0) is 19.6 Å². The van der Waals surface area contributed by atoms with E-state index < -0.39 is 28.4 Å². The zero-order valence-electron chi connectivity index (χ0n) is 18.4. The molecule has 0 aliphatic carbocycles. The Morgan fingerprint density at radius 3 is 2.35 bits per heavy atom. The second kappa shape index (κ2) is 10.9. The molecular weight excluding hydrogens is 499 g/mol. The van der Waals surface area contributed by atoms with E-state index in [1.807, 2.05) is 0 Å². The number of nitrogens with one attached hydrogen (secondary N) is 1. The number of hydrogen-bond donors (Lipinski definition) is 1. The first-order chi connectivity index (χ1) is 16.1. The number of sulfonamides is 1. The third kappa shape index (κ3) is 5.70. The van der Waals surface area contributed by atoms with Gasteiger partial charge in [0.15, 0.2) is 0 Å². The normalized spacial score (nSPS) is 11.1. The molecule has 0 aromatic heterocycles. The lowest BCUT2D eigenvalue weighted by Crippen LogP contribution is -2.38. The number of carbonyl (C=O) groups excluding carboxylic acids is 2. The summed E-state index contributed by atoms with van der Waals surface area (Å²) >= 11 is 12.4. The number of esters is 1. The predicted octanol–water partition coefficient (Wildman–Crippen LogP) is 5.31. The fourth-order valence-corrected chi connectivity index (χ4v) is 5.07. The quantitative estimate of drug-likeness (QED) is 0.406. The van der Waals surface area contributed by atoms with Gasteiger partial charge in [-0.3, -0.25) is 9.10 Å². The van der Waals surface area contributed by atoms with Crippen LogP contribution in [-0.4, -0.2) is 33.4 Å². The molecule has 0 bridgehead atoms. The maximum absolute atomic E-state index is 13.4. The topological polar surface area (TPSA) is 92.8 Å². The molecule has 3 aromatic rings. The summed E-state index contributed by atoms with van der Waals surface area (Å²) in [6.07, 6.45) is 0. The standard InChI is InChI=1S/C24H22Cl2N2O5S/c1-3-33-24(30)17-12-13-20(16(2)14-17)27-22(29)15-28(21-11-7-10-19(25)23(21)26)34(31,32)18-8-5-4-6-9-18/h4-14H,3,15H2,1-2H3,(H,27,29). The van der Waals surface area contributed by atoms with Crippen LogP contribution >= 0.6 is 23.2 Å². The van der Waals surface area contributed by atoms with E-state index in [1.165, 1.54) is 30.3 Å². The smallest absolute Gasteiger partial charge is 0.338 e. The Morgan fingerprint density at radius 1 is 1.00 bits per heavy atom. The monoisotopic (exact) mass is 520 g/mol. The van der Waals surface area contributed by atoms with Crippen LogP contribution in [0, 0.1) is 6.92 Å². The van der Waals surface area contributed by atoms with Crippen molar-refractivity contribution in [1.82, 2.24) is 0 Å². The van der Waals surface area contributed by atoms with E-state index in [2.05, 4.69) is 5.32 Å². The van der Waals surface area contributed by atoms with E-state index >= 15 is 0 Å². The number of anilines is 2. The number of ether oxygens (including phenoxy) is 1. The van der Waals surface area contributed by atoms with Crippen molar-refractivity contribution >= 4 is 56.5 Å². The third-order valence-corrected chi connectivity index (χ3v) is 7.41. The third-order valence-electron chi connectivity index (χ3n) is 4.83. The summed E-state index contributed by atoms with van der Waals surface area (Å²) in [5.41, 5.74) is 1.45. The minimum atomic E-state index is -4.15. The van der Waals surface area contributed by atoms with Gasteiger partial charge in [-0.15, -0.1) is 0 Å². The summed E-state index contributed by atoms with van der Waals surface area (Å²) in [4.78, 5) is 24.9. The van der Waals surface area contributed by atoms with Gasteiger partial charge < -0.3 is 10.1 Å². The molecule has 178 valence electrons. The van der Waals surface area contributed by atoms with Crippen molar-refractivity contribution in [2.75, 3.05) is 22.8 Å². The van der Waals surface area contributed by atoms with Gasteiger partial charge in [0.1, 0.15) is 6.54 Å². The fraction of sp³-hybridized carbons (Fsp3) is 0.167. The number of amides is 1. The number of hydrogen-bond acceptors (Lipinski definition) is 5. The Kier molecular flexibility index (Phi) is 8.19. The van der Waals surface area contributed by atoms with Gasteiger partial charge >= 0.3 is 5.97 Å². The van der Waals surface area contributed by atoms with Crippen LogP contribution in [0.1, 0.15) is 22.8 Å². The van der Waals surface area contributed by atoms with E-state index in [-0.39, 0.29) is 27.2 Å². The van der Waals surface area contributed by atoms with E-state index in [4.69, 9.17) is 27.9 Å². The molecule has 0 spiro atoms. The Balaban J connectivity index is 1.92. The zero-order chi connectivity index (χ0) is 24.9. The molecule has 0 unspecified atom stereocenters. The summed E-state index contributed by atoms with van der Waals surface area (Å²) in [7, 11) is -4.15. The lowest BCUT2D eigenvalue weighted by Gasteiger charge is -2.25. The summed E-state index contributed by atoms with van der Waals surface area (Å²) in [5, 5.41) is 2.85. The molecule has 0 saturated carbocycles. The number of rotatable bonds is 8. The van der Waals surface area contributed by atoms with Gasteiger partial charge in [-0.2, -0.15) is 0 Å². The molecule has 10 heteroatoms. The van der Waals surface area contributed by atoms with Crippen LogP contribution in [0.3, 0.4) is 0 Å². The second-order valence-corrected chi connectivity index (χ2v) is 9.84. The van der Waals surface area contributed by atoms with Gasteiger partial charge in [0.2, 0.25) is 5.91 Å². The summed E-state index contributed by atoms with van der Waals surface area (Å²) in [6.45, 7) is 3.11. The van der Waals surface area contributed by atoms with Crippen LogP contribution in [0.2, 0.25) is 10.0 Å². The highest BCUT2D eigenvalue weighted by Crippen LogP contribution is 2.35. The van der Waals surface area contributed by atoms with Gasteiger partial charge in [-0.05, 0) is 61.9 Å². The number of benzene rings is 3. The summed E-state index contributed by atoms with van der Waals surface area (Å²) in [6, 6.07) is 16.9. The lowest BCUT2D eigenvalue weighted by atomic mass is 10.1. The Bertz CT molecular complexity index is 1310. The maximum Gasteiger partial charge on any atom is 0.338 e. The fourth-order valence-electron chi connectivity index (χ4n) is 3.17. The maximum atomic E-state index is 13.4. The van der Waals surface area contributed by atoms with Crippen LogP contribution in [0.4, 0.5) is 11.4 Å². The predicted molar refractivity (Wildman–Crippen MR) is 133 cm³/mol.